The number of nitrogen functional groups attached to an aromatic ring is 1. The molecule has 0 saturated carbocycles. The number of anilines is 2. The highest BCUT2D eigenvalue weighted by molar-refractivity contribution is 5.51. The van der Waals surface area contributed by atoms with Crippen molar-refractivity contribution in [1.29, 1.82) is 0 Å². The first-order chi connectivity index (χ1) is 8.33. The molecular formula is C12H21N3O2. The maximum atomic E-state index is 5.59. The molecule has 1 aromatic rings. The van der Waals surface area contributed by atoms with Gasteiger partial charge < -0.3 is 26.3 Å². The Morgan fingerprint density at radius 3 is 2.24 bits per heavy atom. The van der Waals surface area contributed by atoms with Gasteiger partial charge in [0, 0.05) is 24.5 Å². The highest BCUT2D eigenvalue weighted by Crippen LogP contribution is 2.09. The van der Waals surface area contributed by atoms with Gasteiger partial charge in [-0.1, -0.05) is 0 Å². The molecule has 0 aromatic heterocycles. The van der Waals surface area contributed by atoms with Gasteiger partial charge in [0.25, 0.3) is 0 Å². The van der Waals surface area contributed by atoms with Gasteiger partial charge in [0.1, 0.15) is 0 Å². The van der Waals surface area contributed by atoms with E-state index in [4.69, 9.17) is 20.9 Å². The quantitative estimate of drug-likeness (QED) is 0.436. The van der Waals surface area contributed by atoms with Gasteiger partial charge in [-0.25, -0.2) is 0 Å². The Kier molecular flexibility index (Phi) is 7.13. The fraction of sp³-hybridized carbons (Fsp3) is 0.500. The summed E-state index contributed by atoms with van der Waals surface area (Å²) in [7, 11) is 0. The van der Waals surface area contributed by atoms with E-state index in [1.54, 1.807) is 0 Å². The van der Waals surface area contributed by atoms with E-state index >= 15 is 0 Å². The Morgan fingerprint density at radius 1 is 0.941 bits per heavy atom. The zero-order valence-corrected chi connectivity index (χ0v) is 10.0. The third-order valence-corrected chi connectivity index (χ3v) is 2.12. The first-order valence-electron chi connectivity index (χ1n) is 5.78. The molecule has 0 heterocycles. The third-order valence-electron chi connectivity index (χ3n) is 2.12. The third kappa shape index (κ3) is 6.78. The number of nitrogens with two attached hydrogens (primary N) is 2. The molecule has 0 saturated heterocycles. The number of benzene rings is 1. The SMILES string of the molecule is NCCOCCOCCNc1ccc(N)cc1. The fourth-order valence-electron chi connectivity index (χ4n) is 1.27. The summed E-state index contributed by atoms with van der Waals surface area (Å²) in [5, 5.41) is 3.23. The van der Waals surface area contributed by atoms with Crippen LogP contribution in [-0.2, 0) is 9.47 Å². The van der Waals surface area contributed by atoms with Crippen molar-refractivity contribution in [1.82, 2.24) is 0 Å². The van der Waals surface area contributed by atoms with Crippen LogP contribution in [0.2, 0.25) is 0 Å². The molecular weight excluding hydrogens is 218 g/mol. The maximum Gasteiger partial charge on any atom is 0.0701 e. The summed E-state index contributed by atoms with van der Waals surface area (Å²) < 4.78 is 10.5. The Bertz CT molecular complexity index is 290. The van der Waals surface area contributed by atoms with Crippen LogP contribution in [0.25, 0.3) is 0 Å². The first kappa shape index (κ1) is 13.8. The molecule has 0 aliphatic rings. The second kappa shape index (κ2) is 8.81. The Labute approximate surface area is 102 Å². The number of hydrogen-bond donors (Lipinski definition) is 3. The van der Waals surface area contributed by atoms with E-state index in [1.807, 2.05) is 24.3 Å². The molecule has 0 unspecified atom stereocenters. The van der Waals surface area contributed by atoms with Crippen molar-refractivity contribution in [2.45, 2.75) is 0 Å². The number of nitrogens with one attached hydrogen (secondary N) is 1. The molecule has 0 aliphatic carbocycles. The summed E-state index contributed by atoms with van der Waals surface area (Å²) in [6.07, 6.45) is 0. The topological polar surface area (TPSA) is 82.5 Å². The summed E-state index contributed by atoms with van der Waals surface area (Å²) in [5.74, 6) is 0. The van der Waals surface area contributed by atoms with E-state index in [0.717, 1.165) is 17.9 Å². The van der Waals surface area contributed by atoms with Crippen LogP contribution in [-0.4, -0.2) is 39.5 Å². The lowest BCUT2D eigenvalue weighted by Crippen LogP contribution is -2.14. The minimum absolute atomic E-state index is 0.554. The van der Waals surface area contributed by atoms with Gasteiger partial charge in [0.2, 0.25) is 0 Å². The highest BCUT2D eigenvalue weighted by Gasteiger charge is 1.92. The van der Waals surface area contributed by atoms with Crippen molar-refractivity contribution >= 4 is 11.4 Å². The predicted molar refractivity (Wildman–Crippen MR) is 70.0 cm³/mol. The second-order valence-corrected chi connectivity index (χ2v) is 3.56. The lowest BCUT2D eigenvalue weighted by atomic mass is 10.3. The van der Waals surface area contributed by atoms with Crippen molar-refractivity contribution in [3.05, 3.63) is 24.3 Å². The van der Waals surface area contributed by atoms with Crippen molar-refractivity contribution in [2.24, 2.45) is 5.73 Å². The normalized spacial score (nSPS) is 10.4. The average Bonchev–Trinajstić information content (AvgIpc) is 2.35. The lowest BCUT2D eigenvalue weighted by molar-refractivity contribution is 0.0548. The second-order valence-electron chi connectivity index (χ2n) is 3.56. The van der Waals surface area contributed by atoms with Gasteiger partial charge >= 0.3 is 0 Å². The summed E-state index contributed by atoms with van der Waals surface area (Å²) >= 11 is 0. The molecule has 1 rings (SSSR count). The molecule has 0 atom stereocenters. The summed E-state index contributed by atoms with van der Waals surface area (Å²) in [4.78, 5) is 0. The van der Waals surface area contributed by atoms with Crippen LogP contribution < -0.4 is 16.8 Å². The van der Waals surface area contributed by atoms with Crippen LogP contribution in [0.3, 0.4) is 0 Å². The first-order valence-corrected chi connectivity index (χ1v) is 5.78. The molecule has 5 N–H and O–H groups in total. The van der Waals surface area contributed by atoms with Crippen LogP contribution in [0.4, 0.5) is 11.4 Å². The van der Waals surface area contributed by atoms with E-state index < -0.39 is 0 Å². The maximum absolute atomic E-state index is 5.59. The smallest absolute Gasteiger partial charge is 0.0701 e. The highest BCUT2D eigenvalue weighted by atomic mass is 16.5. The standard InChI is InChI=1S/C12H21N3O2/c13-5-7-16-9-10-17-8-6-15-12-3-1-11(14)2-4-12/h1-4,15H,5-10,13-14H2. The molecule has 0 spiro atoms. The van der Waals surface area contributed by atoms with Crippen LogP contribution in [0.15, 0.2) is 24.3 Å². The molecule has 0 fully saturated rings. The monoisotopic (exact) mass is 239 g/mol. The summed E-state index contributed by atoms with van der Waals surface area (Å²) in [5.41, 5.74) is 12.7. The van der Waals surface area contributed by atoms with Crippen LogP contribution in [0.5, 0.6) is 0 Å². The van der Waals surface area contributed by atoms with Gasteiger partial charge in [-0.3, -0.25) is 0 Å². The molecule has 5 heteroatoms. The largest absolute Gasteiger partial charge is 0.399 e. The van der Waals surface area contributed by atoms with Crippen LogP contribution in [0.1, 0.15) is 0 Å². The van der Waals surface area contributed by atoms with E-state index in [9.17, 15) is 0 Å². The lowest BCUT2D eigenvalue weighted by Gasteiger charge is -2.07. The van der Waals surface area contributed by atoms with Gasteiger partial charge in [-0.2, -0.15) is 0 Å². The minimum Gasteiger partial charge on any atom is -0.399 e. The van der Waals surface area contributed by atoms with Crippen molar-refractivity contribution in [3.8, 4) is 0 Å². The van der Waals surface area contributed by atoms with E-state index in [-0.39, 0.29) is 0 Å². The van der Waals surface area contributed by atoms with E-state index in [0.29, 0.717) is 33.0 Å². The van der Waals surface area contributed by atoms with Gasteiger partial charge in [-0.15, -0.1) is 0 Å². The average molecular weight is 239 g/mol. The summed E-state index contributed by atoms with van der Waals surface area (Å²) in [6.45, 7) is 3.76. The van der Waals surface area contributed by atoms with Crippen LogP contribution >= 0.6 is 0 Å². The summed E-state index contributed by atoms with van der Waals surface area (Å²) in [6, 6.07) is 7.62. The van der Waals surface area contributed by atoms with Gasteiger partial charge in [0.15, 0.2) is 0 Å². The van der Waals surface area contributed by atoms with Crippen molar-refractivity contribution in [3.63, 3.8) is 0 Å². The fourth-order valence-corrected chi connectivity index (χ4v) is 1.27. The number of rotatable bonds is 9. The molecule has 96 valence electrons. The number of hydrogen-bond acceptors (Lipinski definition) is 5. The molecule has 0 aliphatic heterocycles. The van der Waals surface area contributed by atoms with Crippen LogP contribution in [0, 0.1) is 0 Å². The Balaban J connectivity index is 1.95. The molecule has 17 heavy (non-hydrogen) atoms. The molecule has 1 aromatic carbocycles. The Hall–Kier alpha value is -1.30. The molecule has 0 radical (unpaired) electrons. The van der Waals surface area contributed by atoms with Gasteiger partial charge in [-0.05, 0) is 24.3 Å². The predicted octanol–water partition coefficient (Wildman–Crippen LogP) is 0.673. The van der Waals surface area contributed by atoms with Crippen molar-refractivity contribution in [2.75, 3.05) is 50.6 Å². The van der Waals surface area contributed by atoms with E-state index in [2.05, 4.69) is 5.32 Å². The Morgan fingerprint density at radius 2 is 1.59 bits per heavy atom. The van der Waals surface area contributed by atoms with Crippen molar-refractivity contribution < 1.29 is 9.47 Å². The number of ether oxygens (including phenoxy) is 2. The van der Waals surface area contributed by atoms with E-state index in [1.165, 1.54) is 0 Å². The minimum atomic E-state index is 0.554. The van der Waals surface area contributed by atoms with Gasteiger partial charge in [0.05, 0.1) is 26.4 Å². The molecule has 0 bridgehead atoms. The zero-order chi connectivity index (χ0) is 12.3. The molecule has 5 nitrogen and oxygen atoms in total. The zero-order valence-electron chi connectivity index (χ0n) is 10.0. The molecule has 0 amide bonds.